The predicted octanol–water partition coefficient (Wildman–Crippen LogP) is 1.76. The van der Waals surface area contributed by atoms with Gasteiger partial charge in [-0.25, -0.2) is 0 Å². The first kappa shape index (κ1) is 11.0. The molecule has 1 N–H and O–H groups in total. The number of aryl methyl sites for hydroxylation is 1. The fourth-order valence-corrected chi connectivity index (χ4v) is 2.65. The van der Waals surface area contributed by atoms with Crippen molar-refractivity contribution in [2.45, 2.75) is 18.4 Å². The van der Waals surface area contributed by atoms with Crippen LogP contribution in [0.25, 0.3) is 0 Å². The number of benzene rings is 1. The summed E-state index contributed by atoms with van der Waals surface area (Å²) in [5.74, 6) is 0.266. The SMILES string of the molecule is Cn1nccc1C1CC(=O)NC1c1ccccc1. The number of nitrogens with zero attached hydrogens (tertiary/aromatic N) is 2. The Bertz CT molecular complexity index is 561. The van der Waals surface area contributed by atoms with Crippen molar-refractivity contribution >= 4 is 5.91 Å². The maximum absolute atomic E-state index is 11.7. The Labute approximate surface area is 106 Å². The van der Waals surface area contributed by atoms with Gasteiger partial charge in [0.15, 0.2) is 0 Å². The molecule has 0 radical (unpaired) electrons. The molecule has 1 aliphatic heterocycles. The molecule has 1 amide bonds. The molecule has 1 aromatic carbocycles. The molecule has 4 nitrogen and oxygen atoms in total. The van der Waals surface area contributed by atoms with Crippen LogP contribution in [-0.4, -0.2) is 15.7 Å². The summed E-state index contributed by atoms with van der Waals surface area (Å²) < 4.78 is 1.85. The van der Waals surface area contributed by atoms with Crippen molar-refractivity contribution < 1.29 is 4.79 Å². The quantitative estimate of drug-likeness (QED) is 0.871. The molecule has 2 heterocycles. The van der Waals surface area contributed by atoms with Gasteiger partial charge in [-0.1, -0.05) is 30.3 Å². The molecule has 4 heteroatoms. The summed E-state index contributed by atoms with van der Waals surface area (Å²) in [4.78, 5) is 11.7. The van der Waals surface area contributed by atoms with Crippen molar-refractivity contribution in [1.29, 1.82) is 0 Å². The molecule has 0 bridgehead atoms. The van der Waals surface area contributed by atoms with Gasteiger partial charge in [-0.3, -0.25) is 9.48 Å². The number of aromatic nitrogens is 2. The number of amides is 1. The van der Waals surface area contributed by atoms with Crippen LogP contribution >= 0.6 is 0 Å². The third kappa shape index (κ3) is 1.79. The molecule has 3 rings (SSSR count). The van der Waals surface area contributed by atoms with E-state index in [0.717, 1.165) is 11.3 Å². The van der Waals surface area contributed by atoms with Crippen LogP contribution in [0.5, 0.6) is 0 Å². The van der Waals surface area contributed by atoms with Crippen molar-refractivity contribution in [3.63, 3.8) is 0 Å². The fourth-order valence-electron chi connectivity index (χ4n) is 2.65. The topological polar surface area (TPSA) is 46.9 Å². The van der Waals surface area contributed by atoms with E-state index >= 15 is 0 Å². The molecule has 1 aliphatic rings. The summed E-state index contributed by atoms with van der Waals surface area (Å²) >= 11 is 0. The molecule has 1 aromatic heterocycles. The number of hydrogen-bond donors (Lipinski definition) is 1. The van der Waals surface area contributed by atoms with Crippen LogP contribution in [0, 0.1) is 0 Å². The number of carbonyl (C=O) groups excluding carboxylic acids is 1. The lowest BCUT2D eigenvalue weighted by Gasteiger charge is -2.19. The van der Waals surface area contributed by atoms with E-state index in [2.05, 4.69) is 22.5 Å². The molecule has 2 unspecified atom stereocenters. The van der Waals surface area contributed by atoms with E-state index in [-0.39, 0.29) is 17.9 Å². The van der Waals surface area contributed by atoms with Crippen LogP contribution in [0.15, 0.2) is 42.6 Å². The lowest BCUT2D eigenvalue weighted by Crippen LogP contribution is -2.20. The first-order valence-corrected chi connectivity index (χ1v) is 6.08. The Kier molecular flexibility index (Phi) is 2.63. The maximum atomic E-state index is 11.7. The Balaban J connectivity index is 1.98. The van der Waals surface area contributed by atoms with Crippen molar-refractivity contribution in [2.24, 2.45) is 7.05 Å². The van der Waals surface area contributed by atoms with E-state index in [4.69, 9.17) is 0 Å². The van der Waals surface area contributed by atoms with Crippen molar-refractivity contribution in [2.75, 3.05) is 0 Å². The van der Waals surface area contributed by atoms with Gasteiger partial charge >= 0.3 is 0 Å². The smallest absolute Gasteiger partial charge is 0.221 e. The van der Waals surface area contributed by atoms with Gasteiger partial charge in [0.05, 0.1) is 6.04 Å². The monoisotopic (exact) mass is 241 g/mol. The van der Waals surface area contributed by atoms with Gasteiger partial charge in [0, 0.05) is 31.3 Å². The predicted molar refractivity (Wildman–Crippen MR) is 67.9 cm³/mol. The third-order valence-corrected chi connectivity index (χ3v) is 3.52. The van der Waals surface area contributed by atoms with Gasteiger partial charge in [-0.05, 0) is 11.6 Å². The van der Waals surface area contributed by atoms with Gasteiger partial charge in [-0.2, -0.15) is 5.10 Å². The summed E-state index contributed by atoms with van der Waals surface area (Å²) in [5, 5.41) is 7.25. The van der Waals surface area contributed by atoms with E-state index in [9.17, 15) is 4.79 Å². The Hall–Kier alpha value is -2.10. The number of hydrogen-bond acceptors (Lipinski definition) is 2. The molecule has 92 valence electrons. The molecule has 1 fully saturated rings. The van der Waals surface area contributed by atoms with E-state index in [1.165, 1.54) is 0 Å². The molecular formula is C14H15N3O. The van der Waals surface area contributed by atoms with Gasteiger partial charge in [0.2, 0.25) is 5.91 Å². The van der Waals surface area contributed by atoms with Crippen LogP contribution in [0.3, 0.4) is 0 Å². The minimum atomic E-state index is 0.0501. The van der Waals surface area contributed by atoms with Crippen LogP contribution in [0.1, 0.15) is 29.6 Å². The average Bonchev–Trinajstić information content (AvgIpc) is 2.96. The van der Waals surface area contributed by atoms with Crippen LogP contribution in [0.4, 0.5) is 0 Å². The van der Waals surface area contributed by atoms with Crippen LogP contribution in [0.2, 0.25) is 0 Å². The largest absolute Gasteiger partial charge is 0.349 e. The third-order valence-electron chi connectivity index (χ3n) is 3.52. The summed E-state index contributed by atoms with van der Waals surface area (Å²) in [5.41, 5.74) is 2.25. The number of nitrogens with one attached hydrogen (secondary N) is 1. The van der Waals surface area contributed by atoms with Gasteiger partial charge in [-0.15, -0.1) is 0 Å². The average molecular weight is 241 g/mol. The van der Waals surface area contributed by atoms with Gasteiger partial charge < -0.3 is 5.32 Å². The van der Waals surface area contributed by atoms with Gasteiger partial charge in [0.25, 0.3) is 0 Å². The highest BCUT2D eigenvalue weighted by Gasteiger charge is 2.35. The molecule has 18 heavy (non-hydrogen) atoms. The zero-order chi connectivity index (χ0) is 12.5. The molecule has 1 saturated heterocycles. The van der Waals surface area contributed by atoms with E-state index < -0.39 is 0 Å². The minimum absolute atomic E-state index is 0.0501. The van der Waals surface area contributed by atoms with E-state index in [1.807, 2.05) is 36.0 Å². The summed E-state index contributed by atoms with van der Waals surface area (Å²) in [7, 11) is 1.92. The second kappa shape index (κ2) is 4.29. The number of carbonyl (C=O) groups is 1. The molecule has 0 spiro atoms. The molecular weight excluding hydrogens is 226 g/mol. The summed E-state index contributed by atoms with van der Waals surface area (Å²) in [6, 6.07) is 12.1. The lowest BCUT2D eigenvalue weighted by molar-refractivity contribution is -0.119. The normalized spacial score (nSPS) is 23.1. The zero-order valence-electron chi connectivity index (χ0n) is 10.2. The Morgan fingerprint density at radius 2 is 2.06 bits per heavy atom. The van der Waals surface area contributed by atoms with Crippen molar-refractivity contribution in [1.82, 2.24) is 15.1 Å². The second-order valence-corrected chi connectivity index (χ2v) is 4.65. The first-order valence-electron chi connectivity index (χ1n) is 6.08. The van der Waals surface area contributed by atoms with E-state index in [0.29, 0.717) is 6.42 Å². The van der Waals surface area contributed by atoms with Crippen molar-refractivity contribution in [3.05, 3.63) is 53.9 Å². The highest BCUT2D eigenvalue weighted by molar-refractivity contribution is 5.80. The van der Waals surface area contributed by atoms with Crippen molar-refractivity contribution in [3.8, 4) is 0 Å². The molecule has 2 aromatic rings. The fraction of sp³-hybridized carbons (Fsp3) is 0.286. The van der Waals surface area contributed by atoms with Gasteiger partial charge in [0.1, 0.15) is 0 Å². The first-order chi connectivity index (χ1) is 8.75. The Morgan fingerprint density at radius 3 is 2.72 bits per heavy atom. The molecule has 0 aliphatic carbocycles. The second-order valence-electron chi connectivity index (χ2n) is 4.65. The zero-order valence-corrected chi connectivity index (χ0v) is 10.2. The highest BCUT2D eigenvalue weighted by atomic mass is 16.2. The summed E-state index contributed by atoms with van der Waals surface area (Å²) in [6.07, 6.45) is 2.30. The molecule has 2 atom stereocenters. The lowest BCUT2D eigenvalue weighted by atomic mass is 9.91. The number of rotatable bonds is 2. The summed E-state index contributed by atoms with van der Waals surface area (Å²) in [6.45, 7) is 0. The standard InChI is InChI=1S/C14H15N3O/c1-17-12(7-8-15-17)11-9-13(18)16-14(11)10-5-3-2-4-6-10/h2-8,11,14H,9H2,1H3,(H,16,18). The van der Waals surface area contributed by atoms with Crippen LogP contribution in [-0.2, 0) is 11.8 Å². The maximum Gasteiger partial charge on any atom is 0.221 e. The highest BCUT2D eigenvalue weighted by Crippen LogP contribution is 2.37. The molecule has 0 saturated carbocycles. The minimum Gasteiger partial charge on any atom is -0.349 e. The Morgan fingerprint density at radius 1 is 1.28 bits per heavy atom. The van der Waals surface area contributed by atoms with Crippen LogP contribution < -0.4 is 5.32 Å². The van der Waals surface area contributed by atoms with E-state index in [1.54, 1.807) is 6.20 Å².